The van der Waals surface area contributed by atoms with Gasteiger partial charge in [-0.05, 0) is 37.6 Å². The van der Waals surface area contributed by atoms with Gasteiger partial charge in [-0.1, -0.05) is 11.6 Å². The highest BCUT2D eigenvalue weighted by atomic mass is 35.5. The van der Waals surface area contributed by atoms with Gasteiger partial charge in [0.2, 0.25) is 20.0 Å². The molecule has 1 aromatic carbocycles. The van der Waals surface area contributed by atoms with Crippen LogP contribution >= 0.6 is 11.6 Å². The maximum absolute atomic E-state index is 12.6. The first kappa shape index (κ1) is 17.7. The SMILES string of the molecule is CCS(=O)(=O)N1CCCN(S(=O)(=O)c2ccc(Cl)cc2)CC1. The van der Waals surface area contributed by atoms with Crippen molar-refractivity contribution >= 4 is 31.6 Å². The molecule has 9 heteroatoms. The largest absolute Gasteiger partial charge is 0.243 e. The minimum Gasteiger partial charge on any atom is -0.212 e. The van der Waals surface area contributed by atoms with Crippen LogP contribution in [0.5, 0.6) is 0 Å². The molecular formula is C13H19ClN2O4S2. The molecule has 22 heavy (non-hydrogen) atoms. The first-order chi connectivity index (χ1) is 10.3. The fourth-order valence-electron chi connectivity index (χ4n) is 2.33. The second-order valence-corrected chi connectivity index (χ2v) is 9.64. The van der Waals surface area contributed by atoms with Gasteiger partial charge in [0.25, 0.3) is 0 Å². The minimum absolute atomic E-state index is 0.0247. The Hall–Kier alpha value is -0.670. The number of benzene rings is 1. The van der Waals surface area contributed by atoms with Crippen molar-refractivity contribution in [1.82, 2.24) is 8.61 Å². The summed E-state index contributed by atoms with van der Waals surface area (Å²) < 4.78 is 51.7. The van der Waals surface area contributed by atoms with Gasteiger partial charge in [0, 0.05) is 31.2 Å². The van der Waals surface area contributed by atoms with E-state index in [1.54, 1.807) is 6.92 Å². The first-order valence-corrected chi connectivity index (χ1v) is 10.4. The lowest BCUT2D eigenvalue weighted by Gasteiger charge is -2.21. The lowest BCUT2D eigenvalue weighted by atomic mass is 10.4. The summed E-state index contributed by atoms with van der Waals surface area (Å²) in [5.41, 5.74) is 0. The smallest absolute Gasteiger partial charge is 0.212 e. The van der Waals surface area contributed by atoms with Crippen molar-refractivity contribution in [3.8, 4) is 0 Å². The summed E-state index contributed by atoms with van der Waals surface area (Å²) in [5, 5.41) is 0.468. The molecule has 0 N–H and O–H groups in total. The van der Waals surface area contributed by atoms with Crippen LogP contribution in [-0.2, 0) is 20.0 Å². The Kier molecular flexibility index (Phi) is 5.50. The molecule has 1 fully saturated rings. The Labute approximate surface area is 136 Å². The Morgan fingerprint density at radius 2 is 1.50 bits per heavy atom. The highest BCUT2D eigenvalue weighted by Gasteiger charge is 2.30. The minimum atomic E-state index is -3.62. The molecule has 1 saturated heterocycles. The Morgan fingerprint density at radius 1 is 0.955 bits per heavy atom. The molecule has 0 radical (unpaired) electrons. The number of halogens is 1. The number of sulfonamides is 2. The van der Waals surface area contributed by atoms with Gasteiger partial charge in [0.05, 0.1) is 10.6 Å². The molecule has 0 spiro atoms. The number of rotatable bonds is 4. The van der Waals surface area contributed by atoms with Crippen molar-refractivity contribution in [1.29, 1.82) is 0 Å². The summed E-state index contributed by atoms with van der Waals surface area (Å²) in [7, 11) is -6.91. The standard InChI is InChI=1S/C13H19ClN2O4S2/c1-2-21(17,18)15-8-3-9-16(11-10-15)22(19,20)13-6-4-12(14)5-7-13/h4-7H,2-3,8-11H2,1H3. The van der Waals surface area contributed by atoms with Gasteiger partial charge in [-0.25, -0.2) is 21.1 Å². The number of hydrogen-bond donors (Lipinski definition) is 0. The normalized spacial score (nSPS) is 19.0. The maximum atomic E-state index is 12.6. The predicted molar refractivity (Wildman–Crippen MR) is 85.9 cm³/mol. The summed E-state index contributed by atoms with van der Waals surface area (Å²) in [6.45, 7) is 2.58. The summed E-state index contributed by atoms with van der Waals surface area (Å²) >= 11 is 5.78. The van der Waals surface area contributed by atoms with E-state index >= 15 is 0 Å². The lowest BCUT2D eigenvalue weighted by molar-refractivity contribution is 0.405. The molecule has 1 aliphatic heterocycles. The Balaban J connectivity index is 2.18. The van der Waals surface area contributed by atoms with E-state index in [4.69, 9.17) is 11.6 Å². The van der Waals surface area contributed by atoms with Crippen molar-refractivity contribution < 1.29 is 16.8 Å². The Morgan fingerprint density at radius 3 is 2.09 bits per heavy atom. The third kappa shape index (κ3) is 3.80. The number of nitrogens with zero attached hydrogens (tertiary/aromatic N) is 2. The quantitative estimate of drug-likeness (QED) is 0.807. The molecule has 0 aliphatic carbocycles. The molecule has 1 aliphatic rings. The molecule has 0 unspecified atom stereocenters. The van der Waals surface area contributed by atoms with Crippen LogP contribution in [0.25, 0.3) is 0 Å². The molecular weight excluding hydrogens is 348 g/mol. The van der Waals surface area contributed by atoms with Gasteiger partial charge in [-0.15, -0.1) is 0 Å². The van der Waals surface area contributed by atoms with Crippen LogP contribution in [0, 0.1) is 0 Å². The average Bonchev–Trinajstić information content (AvgIpc) is 2.74. The fourth-order valence-corrected chi connectivity index (χ4v) is 5.05. The molecule has 0 atom stereocenters. The summed E-state index contributed by atoms with van der Waals surface area (Å²) in [6, 6.07) is 5.98. The van der Waals surface area contributed by atoms with Gasteiger partial charge >= 0.3 is 0 Å². The average molecular weight is 367 g/mol. The summed E-state index contributed by atoms with van der Waals surface area (Å²) in [5.74, 6) is 0.0247. The van der Waals surface area contributed by atoms with Crippen LogP contribution in [0.15, 0.2) is 29.2 Å². The van der Waals surface area contributed by atoms with E-state index in [1.807, 2.05) is 0 Å². The van der Waals surface area contributed by atoms with Crippen LogP contribution in [-0.4, -0.2) is 57.4 Å². The van der Waals surface area contributed by atoms with Gasteiger partial charge in [0.1, 0.15) is 0 Å². The molecule has 1 heterocycles. The van der Waals surface area contributed by atoms with Crippen LogP contribution in [0.3, 0.4) is 0 Å². The first-order valence-electron chi connectivity index (χ1n) is 7.01. The van der Waals surface area contributed by atoms with E-state index in [-0.39, 0.29) is 23.7 Å². The second-order valence-electron chi connectivity index (χ2n) is 5.01. The van der Waals surface area contributed by atoms with Crippen molar-refractivity contribution in [2.75, 3.05) is 31.9 Å². The molecule has 124 valence electrons. The Bertz CT molecular complexity index is 717. The highest BCUT2D eigenvalue weighted by Crippen LogP contribution is 2.20. The van der Waals surface area contributed by atoms with E-state index in [0.717, 1.165) is 0 Å². The van der Waals surface area contributed by atoms with E-state index in [1.165, 1.54) is 32.9 Å². The molecule has 0 bridgehead atoms. The fraction of sp³-hybridized carbons (Fsp3) is 0.538. The van der Waals surface area contributed by atoms with Crippen molar-refractivity contribution in [3.05, 3.63) is 29.3 Å². The molecule has 1 aromatic rings. The molecule has 0 aromatic heterocycles. The van der Waals surface area contributed by atoms with Gasteiger partial charge in [-0.3, -0.25) is 0 Å². The zero-order valence-corrected chi connectivity index (χ0v) is 14.7. The van der Waals surface area contributed by atoms with Crippen molar-refractivity contribution in [2.24, 2.45) is 0 Å². The van der Waals surface area contributed by atoms with E-state index < -0.39 is 20.0 Å². The molecule has 2 rings (SSSR count). The van der Waals surface area contributed by atoms with Crippen LogP contribution < -0.4 is 0 Å². The zero-order valence-electron chi connectivity index (χ0n) is 12.3. The van der Waals surface area contributed by atoms with Crippen molar-refractivity contribution in [3.63, 3.8) is 0 Å². The zero-order chi connectivity index (χ0) is 16.4. The third-order valence-electron chi connectivity index (χ3n) is 3.62. The lowest BCUT2D eigenvalue weighted by Crippen LogP contribution is -2.37. The summed E-state index contributed by atoms with van der Waals surface area (Å²) in [6.07, 6.45) is 0.478. The highest BCUT2D eigenvalue weighted by molar-refractivity contribution is 7.89. The topological polar surface area (TPSA) is 74.8 Å². The monoisotopic (exact) mass is 366 g/mol. The van der Waals surface area contributed by atoms with Gasteiger partial charge in [0.15, 0.2) is 0 Å². The molecule has 0 amide bonds. The van der Waals surface area contributed by atoms with Crippen LogP contribution in [0.2, 0.25) is 5.02 Å². The van der Waals surface area contributed by atoms with E-state index in [0.29, 0.717) is 24.5 Å². The van der Waals surface area contributed by atoms with Gasteiger partial charge < -0.3 is 0 Å². The van der Waals surface area contributed by atoms with E-state index in [9.17, 15) is 16.8 Å². The second kappa shape index (κ2) is 6.84. The third-order valence-corrected chi connectivity index (χ3v) is 7.67. The van der Waals surface area contributed by atoms with Gasteiger partial charge in [-0.2, -0.15) is 4.31 Å². The van der Waals surface area contributed by atoms with Crippen molar-refractivity contribution in [2.45, 2.75) is 18.2 Å². The maximum Gasteiger partial charge on any atom is 0.243 e. The molecule has 0 saturated carbocycles. The molecule has 6 nitrogen and oxygen atoms in total. The van der Waals surface area contributed by atoms with Crippen LogP contribution in [0.1, 0.15) is 13.3 Å². The van der Waals surface area contributed by atoms with E-state index in [2.05, 4.69) is 0 Å². The summed E-state index contributed by atoms with van der Waals surface area (Å²) in [4.78, 5) is 0.170. The van der Waals surface area contributed by atoms with Crippen LogP contribution in [0.4, 0.5) is 0 Å². The predicted octanol–water partition coefficient (Wildman–Crippen LogP) is 1.39. The number of hydrogen-bond acceptors (Lipinski definition) is 4.